The molecule has 2 N–H and O–H groups in total. The molecule has 0 amide bonds. The van der Waals surface area contributed by atoms with Crippen molar-refractivity contribution in [2.24, 2.45) is 0 Å². The van der Waals surface area contributed by atoms with Gasteiger partial charge < -0.3 is 0 Å². The Morgan fingerprint density at radius 2 is 1.24 bits per heavy atom. The van der Waals surface area contributed by atoms with Gasteiger partial charge in [-0.1, -0.05) is 0 Å². The molecule has 1 aromatic rings. The van der Waals surface area contributed by atoms with Crippen molar-refractivity contribution >= 4 is 7.43 Å². The summed E-state index contributed by atoms with van der Waals surface area (Å²) in [6.45, 7) is 15.9. The van der Waals surface area contributed by atoms with E-state index in [2.05, 4.69) is 0 Å². The van der Waals surface area contributed by atoms with E-state index in [9.17, 15) is 9.79 Å². The van der Waals surface area contributed by atoms with Crippen molar-refractivity contribution in [1.82, 2.24) is 9.73 Å². The molecule has 0 aromatic heterocycles. The maximum atomic E-state index is 11.7. The molecule has 0 fully saturated rings. The number of nitrogens with zero attached hydrogens (tertiary/aromatic N) is 2. The fourth-order valence-electron chi connectivity index (χ4n) is 3.56. The van der Waals surface area contributed by atoms with Crippen LogP contribution in [-0.2, 0) is 10.8 Å². The molecule has 1 aromatic carbocycles. The van der Waals surface area contributed by atoms with Gasteiger partial charge in [0, 0.05) is 0 Å². The average Bonchev–Trinajstić information content (AvgIpc) is 2.43. The molecule has 5 nitrogen and oxygen atoms in total. The Kier molecular flexibility index (Phi) is 7.58. The Morgan fingerprint density at radius 1 is 0.800 bits per heavy atom. The van der Waals surface area contributed by atoms with Crippen LogP contribution < -0.4 is 0 Å². The first-order valence-corrected chi connectivity index (χ1v) is 11.4. The summed E-state index contributed by atoms with van der Waals surface area (Å²) in [6.07, 6.45) is 0.0682. The SMILES string of the molecule is CC(C)N(OP(O)(O)(Cc1ccccc1)N(C(C)C)C(C)C)C(C)C. The molecule has 0 spiro atoms. The third-order valence-electron chi connectivity index (χ3n) is 4.10. The van der Waals surface area contributed by atoms with Crippen LogP contribution in [0.1, 0.15) is 61.0 Å². The number of rotatable bonds is 9. The van der Waals surface area contributed by atoms with Crippen molar-refractivity contribution in [3.63, 3.8) is 0 Å². The van der Waals surface area contributed by atoms with Crippen molar-refractivity contribution in [3.05, 3.63) is 35.9 Å². The summed E-state index contributed by atoms with van der Waals surface area (Å²) in [4.78, 5) is 23.5. The summed E-state index contributed by atoms with van der Waals surface area (Å²) in [5.74, 6) is 0. The van der Waals surface area contributed by atoms with Gasteiger partial charge in [0.1, 0.15) is 0 Å². The summed E-state index contributed by atoms with van der Waals surface area (Å²) in [5, 5.41) is 1.71. The Labute approximate surface area is 153 Å². The van der Waals surface area contributed by atoms with Crippen LogP contribution in [0.2, 0.25) is 0 Å². The van der Waals surface area contributed by atoms with Gasteiger partial charge in [0.05, 0.1) is 0 Å². The zero-order chi connectivity index (χ0) is 19.4. The molecule has 0 heterocycles. The summed E-state index contributed by atoms with van der Waals surface area (Å²) in [5.41, 5.74) is 0.851. The molecule has 0 saturated heterocycles. The van der Waals surface area contributed by atoms with E-state index in [0.29, 0.717) is 0 Å². The first kappa shape index (κ1) is 22.5. The van der Waals surface area contributed by atoms with E-state index in [1.165, 1.54) is 0 Å². The predicted molar refractivity (Wildman–Crippen MR) is 107 cm³/mol. The fourth-order valence-corrected chi connectivity index (χ4v) is 7.33. The van der Waals surface area contributed by atoms with E-state index in [0.717, 1.165) is 5.56 Å². The monoisotopic (exact) mass is 372 g/mol. The van der Waals surface area contributed by atoms with E-state index >= 15 is 0 Å². The Hall–Kier alpha value is -0.550. The van der Waals surface area contributed by atoms with Gasteiger partial charge in [-0.3, -0.25) is 0 Å². The molecule has 0 unspecified atom stereocenters. The molecule has 0 aliphatic carbocycles. The van der Waals surface area contributed by atoms with Gasteiger partial charge in [-0.2, -0.15) is 0 Å². The zero-order valence-electron chi connectivity index (χ0n) is 17.0. The Balaban J connectivity index is 3.42. The molecule has 0 radical (unpaired) electrons. The molecule has 146 valence electrons. The summed E-state index contributed by atoms with van der Waals surface area (Å²) in [7, 11) is -4.67. The van der Waals surface area contributed by atoms with Crippen LogP contribution in [0.3, 0.4) is 0 Å². The summed E-state index contributed by atoms with van der Waals surface area (Å²) < 4.78 is 7.88. The number of benzene rings is 1. The van der Waals surface area contributed by atoms with Crippen molar-refractivity contribution in [1.29, 1.82) is 0 Å². The second-order valence-corrected chi connectivity index (χ2v) is 11.0. The van der Waals surface area contributed by atoms with Gasteiger partial charge in [0.25, 0.3) is 0 Å². The molecule has 1 rings (SSSR count). The number of hydroxylamine groups is 2. The molecule has 0 bridgehead atoms. The molecule has 6 heteroatoms. The van der Waals surface area contributed by atoms with Crippen molar-refractivity contribution in [2.75, 3.05) is 0 Å². The van der Waals surface area contributed by atoms with Crippen molar-refractivity contribution in [3.8, 4) is 0 Å². The van der Waals surface area contributed by atoms with Gasteiger partial charge >= 0.3 is 153 Å². The molecular weight excluding hydrogens is 335 g/mol. The molecular formula is C19H37N2O3P. The van der Waals surface area contributed by atoms with Crippen LogP contribution in [0.5, 0.6) is 0 Å². The van der Waals surface area contributed by atoms with E-state index in [1.807, 2.05) is 85.7 Å². The molecule has 25 heavy (non-hydrogen) atoms. The third-order valence-corrected chi connectivity index (χ3v) is 7.40. The van der Waals surface area contributed by atoms with Crippen LogP contribution in [-0.4, -0.2) is 43.7 Å². The van der Waals surface area contributed by atoms with Gasteiger partial charge in [-0.25, -0.2) is 0 Å². The zero-order valence-corrected chi connectivity index (χ0v) is 17.9. The predicted octanol–water partition coefficient (Wildman–Crippen LogP) is 4.55. The fraction of sp³-hybridized carbons (Fsp3) is 0.684. The minimum atomic E-state index is -4.67. The summed E-state index contributed by atoms with van der Waals surface area (Å²) in [6, 6.07) is 9.46. The van der Waals surface area contributed by atoms with Crippen LogP contribution in [0.15, 0.2) is 30.3 Å². The molecule has 0 atom stereocenters. The summed E-state index contributed by atoms with van der Waals surface area (Å²) >= 11 is 0. The van der Waals surface area contributed by atoms with E-state index in [1.54, 1.807) is 9.73 Å². The van der Waals surface area contributed by atoms with E-state index < -0.39 is 7.43 Å². The average molecular weight is 372 g/mol. The third kappa shape index (κ3) is 5.72. The number of hydrogen-bond donors (Lipinski definition) is 2. The van der Waals surface area contributed by atoms with Crippen LogP contribution in [0.4, 0.5) is 0 Å². The second kappa shape index (κ2) is 8.43. The van der Waals surface area contributed by atoms with Gasteiger partial charge in [-0.05, 0) is 0 Å². The first-order chi connectivity index (χ1) is 11.4. The van der Waals surface area contributed by atoms with E-state index in [4.69, 9.17) is 4.62 Å². The van der Waals surface area contributed by atoms with Crippen molar-refractivity contribution < 1.29 is 14.4 Å². The van der Waals surface area contributed by atoms with Crippen LogP contribution in [0.25, 0.3) is 0 Å². The van der Waals surface area contributed by atoms with Crippen molar-refractivity contribution in [2.45, 2.75) is 85.7 Å². The quantitative estimate of drug-likeness (QED) is 0.492. The molecule has 0 aliphatic rings. The Morgan fingerprint density at radius 3 is 1.60 bits per heavy atom. The minimum absolute atomic E-state index is 0.0257. The van der Waals surface area contributed by atoms with Gasteiger partial charge in [0.2, 0.25) is 0 Å². The number of hydrogen-bond acceptors (Lipinski definition) is 5. The van der Waals surface area contributed by atoms with Crippen LogP contribution >= 0.6 is 7.43 Å². The molecule has 0 aliphatic heterocycles. The van der Waals surface area contributed by atoms with Crippen LogP contribution in [0, 0.1) is 0 Å². The van der Waals surface area contributed by atoms with E-state index in [-0.39, 0.29) is 30.3 Å². The van der Waals surface area contributed by atoms with Gasteiger partial charge in [0.15, 0.2) is 0 Å². The molecule has 0 saturated carbocycles. The standard InChI is InChI=1S/C19H37N2O3P/c1-15(2)20(16(3)4)24-25(22,23,21(17(5)6)18(7)8)14-19-12-10-9-11-13-19/h9-13,15-18,22-23H,14H2,1-8H3. The van der Waals surface area contributed by atoms with Gasteiger partial charge in [-0.15, -0.1) is 0 Å². The maximum absolute atomic E-state index is 11.7. The topological polar surface area (TPSA) is 56.2 Å². The first-order valence-electron chi connectivity index (χ1n) is 9.20. The normalized spacial score (nSPS) is 15.0. The second-order valence-electron chi connectivity index (χ2n) is 7.91. The Bertz CT molecular complexity index is 517.